The van der Waals surface area contributed by atoms with Crippen LogP contribution in [0.1, 0.15) is 19.8 Å². The van der Waals surface area contributed by atoms with E-state index in [9.17, 15) is 13.2 Å². The fraction of sp³-hybridized carbons (Fsp3) is 0.381. The summed E-state index contributed by atoms with van der Waals surface area (Å²) < 4.78 is 37.8. The van der Waals surface area contributed by atoms with Crippen molar-refractivity contribution >= 4 is 33.2 Å². The Morgan fingerprint density at radius 2 is 1.83 bits per heavy atom. The first-order valence-corrected chi connectivity index (χ1v) is 11.5. The number of halogens is 1. The average molecular weight is 453 g/mol. The number of carbonyl (C=O) groups is 1. The molecular formula is C21H25ClN2O5S. The second kappa shape index (κ2) is 9.68. The largest absolute Gasteiger partial charge is 0.495 e. The molecule has 2 aromatic carbocycles. The molecule has 0 atom stereocenters. The van der Waals surface area contributed by atoms with Crippen LogP contribution in [0.4, 0.5) is 5.69 Å². The van der Waals surface area contributed by atoms with Crippen LogP contribution in [-0.4, -0.2) is 45.4 Å². The van der Waals surface area contributed by atoms with E-state index in [2.05, 4.69) is 5.32 Å². The summed E-state index contributed by atoms with van der Waals surface area (Å²) in [6, 6.07) is 11.4. The Kier molecular flexibility index (Phi) is 7.23. The van der Waals surface area contributed by atoms with Crippen LogP contribution in [0.3, 0.4) is 0 Å². The molecule has 1 aliphatic rings. The van der Waals surface area contributed by atoms with Crippen LogP contribution in [0, 0.1) is 5.92 Å². The van der Waals surface area contributed by atoms with Crippen LogP contribution in [0.25, 0.3) is 0 Å². The van der Waals surface area contributed by atoms with Gasteiger partial charge in [0.15, 0.2) is 0 Å². The maximum Gasteiger partial charge on any atom is 0.243 e. The van der Waals surface area contributed by atoms with Gasteiger partial charge in [0.05, 0.1) is 24.3 Å². The average Bonchev–Trinajstić information content (AvgIpc) is 2.74. The monoisotopic (exact) mass is 452 g/mol. The van der Waals surface area contributed by atoms with Crippen molar-refractivity contribution < 1.29 is 22.7 Å². The molecule has 3 rings (SSSR count). The minimum Gasteiger partial charge on any atom is -0.495 e. The van der Waals surface area contributed by atoms with E-state index in [0.29, 0.717) is 41.7 Å². The van der Waals surface area contributed by atoms with Gasteiger partial charge in [-0.15, -0.1) is 0 Å². The van der Waals surface area contributed by atoms with Crippen LogP contribution >= 0.6 is 11.6 Å². The van der Waals surface area contributed by atoms with Gasteiger partial charge in [-0.1, -0.05) is 11.6 Å². The van der Waals surface area contributed by atoms with Gasteiger partial charge in [-0.05, 0) is 62.2 Å². The van der Waals surface area contributed by atoms with Crippen LogP contribution in [0.5, 0.6) is 11.5 Å². The van der Waals surface area contributed by atoms with E-state index >= 15 is 0 Å². The lowest BCUT2D eigenvalue weighted by Crippen LogP contribution is -2.41. The summed E-state index contributed by atoms with van der Waals surface area (Å²) >= 11 is 6.01. The maximum absolute atomic E-state index is 12.9. The Bertz CT molecular complexity index is 987. The number of benzene rings is 2. The molecule has 1 heterocycles. The summed E-state index contributed by atoms with van der Waals surface area (Å²) in [5.74, 6) is 0.681. The first-order chi connectivity index (χ1) is 14.3. The number of methoxy groups -OCH3 is 1. The molecule has 0 saturated carbocycles. The van der Waals surface area contributed by atoms with E-state index in [4.69, 9.17) is 21.1 Å². The van der Waals surface area contributed by atoms with E-state index in [-0.39, 0.29) is 29.8 Å². The number of nitrogens with zero attached hydrogens (tertiary/aromatic N) is 1. The SMILES string of the molecule is CCOc1ccc(S(=O)(=O)N2CCC(C(=O)Nc3cc(Cl)ccc3OC)CC2)cc1. The smallest absolute Gasteiger partial charge is 0.243 e. The molecule has 0 spiro atoms. The van der Waals surface area contributed by atoms with E-state index in [1.165, 1.54) is 11.4 Å². The molecule has 30 heavy (non-hydrogen) atoms. The first-order valence-electron chi connectivity index (χ1n) is 9.72. The normalized spacial score (nSPS) is 15.6. The number of nitrogens with one attached hydrogen (secondary N) is 1. The van der Waals surface area contributed by atoms with Gasteiger partial charge in [0.1, 0.15) is 11.5 Å². The molecule has 2 aromatic rings. The van der Waals surface area contributed by atoms with Gasteiger partial charge in [0.25, 0.3) is 0 Å². The van der Waals surface area contributed by atoms with Crippen molar-refractivity contribution in [3.05, 3.63) is 47.5 Å². The minimum absolute atomic E-state index is 0.173. The summed E-state index contributed by atoms with van der Waals surface area (Å²) in [5.41, 5.74) is 0.499. The number of piperidine rings is 1. The molecule has 1 saturated heterocycles. The highest BCUT2D eigenvalue weighted by atomic mass is 35.5. The summed E-state index contributed by atoms with van der Waals surface area (Å²) in [7, 11) is -2.09. The minimum atomic E-state index is -3.61. The van der Waals surface area contributed by atoms with Crippen molar-refractivity contribution in [2.24, 2.45) is 5.92 Å². The molecule has 1 amide bonds. The Hall–Kier alpha value is -2.29. The number of anilines is 1. The predicted octanol–water partition coefficient (Wildman–Crippen LogP) is 3.79. The van der Waals surface area contributed by atoms with Crippen molar-refractivity contribution in [1.29, 1.82) is 0 Å². The van der Waals surface area contributed by atoms with Crippen molar-refractivity contribution in [2.45, 2.75) is 24.7 Å². The zero-order chi connectivity index (χ0) is 21.7. The number of sulfonamides is 1. The maximum atomic E-state index is 12.9. The van der Waals surface area contributed by atoms with E-state index in [1.807, 2.05) is 6.92 Å². The van der Waals surface area contributed by atoms with Gasteiger partial charge < -0.3 is 14.8 Å². The van der Waals surface area contributed by atoms with Gasteiger partial charge in [0.2, 0.25) is 15.9 Å². The standard InChI is InChI=1S/C21H25ClN2O5S/c1-3-29-17-5-7-18(8-6-17)30(26,27)24-12-10-15(11-13-24)21(25)23-19-14-16(22)4-9-20(19)28-2/h4-9,14-15H,3,10-13H2,1-2H3,(H,23,25). The molecular weight excluding hydrogens is 428 g/mol. The van der Waals surface area contributed by atoms with E-state index in [1.54, 1.807) is 42.5 Å². The third kappa shape index (κ3) is 5.06. The summed E-state index contributed by atoms with van der Waals surface area (Å²) in [6.07, 6.45) is 0.871. The van der Waals surface area contributed by atoms with Gasteiger partial charge >= 0.3 is 0 Å². The first kappa shape index (κ1) is 22.4. The number of amides is 1. The van der Waals surface area contributed by atoms with Crippen LogP contribution < -0.4 is 14.8 Å². The van der Waals surface area contributed by atoms with Gasteiger partial charge in [0, 0.05) is 24.0 Å². The topological polar surface area (TPSA) is 84.9 Å². The highest BCUT2D eigenvalue weighted by molar-refractivity contribution is 7.89. The lowest BCUT2D eigenvalue weighted by molar-refractivity contribution is -0.120. The second-order valence-electron chi connectivity index (χ2n) is 6.92. The fourth-order valence-electron chi connectivity index (χ4n) is 3.39. The summed E-state index contributed by atoms with van der Waals surface area (Å²) in [5, 5.41) is 3.33. The molecule has 0 radical (unpaired) electrons. The second-order valence-corrected chi connectivity index (χ2v) is 9.29. The van der Waals surface area contributed by atoms with Gasteiger partial charge in [-0.2, -0.15) is 4.31 Å². The highest BCUT2D eigenvalue weighted by Gasteiger charge is 2.32. The number of carbonyl (C=O) groups excluding carboxylic acids is 1. The molecule has 0 bridgehead atoms. The molecule has 0 aliphatic carbocycles. The molecule has 1 aliphatic heterocycles. The summed E-state index contributed by atoms with van der Waals surface area (Å²) in [4.78, 5) is 12.9. The lowest BCUT2D eigenvalue weighted by atomic mass is 9.97. The van der Waals surface area contributed by atoms with E-state index in [0.717, 1.165) is 0 Å². The van der Waals surface area contributed by atoms with Crippen LogP contribution in [0.2, 0.25) is 5.02 Å². The Morgan fingerprint density at radius 1 is 1.17 bits per heavy atom. The third-order valence-electron chi connectivity index (χ3n) is 5.02. The Morgan fingerprint density at radius 3 is 2.43 bits per heavy atom. The lowest BCUT2D eigenvalue weighted by Gasteiger charge is -2.30. The van der Waals surface area contributed by atoms with Gasteiger partial charge in [-0.3, -0.25) is 4.79 Å². The molecule has 1 fully saturated rings. The van der Waals surface area contributed by atoms with Crippen molar-refractivity contribution in [3.8, 4) is 11.5 Å². The Labute approximate surface area is 182 Å². The Balaban J connectivity index is 1.62. The molecule has 162 valence electrons. The van der Waals surface area contributed by atoms with Gasteiger partial charge in [-0.25, -0.2) is 8.42 Å². The van der Waals surface area contributed by atoms with Crippen molar-refractivity contribution in [3.63, 3.8) is 0 Å². The van der Waals surface area contributed by atoms with Crippen LogP contribution in [0.15, 0.2) is 47.4 Å². The third-order valence-corrected chi connectivity index (χ3v) is 7.16. The molecule has 7 nitrogen and oxygen atoms in total. The molecule has 0 aromatic heterocycles. The fourth-order valence-corrected chi connectivity index (χ4v) is 5.04. The highest BCUT2D eigenvalue weighted by Crippen LogP contribution is 2.30. The molecule has 1 N–H and O–H groups in total. The van der Waals surface area contributed by atoms with E-state index < -0.39 is 10.0 Å². The predicted molar refractivity (Wildman–Crippen MR) is 116 cm³/mol. The summed E-state index contributed by atoms with van der Waals surface area (Å²) in [6.45, 7) is 2.94. The number of ether oxygens (including phenoxy) is 2. The zero-order valence-electron chi connectivity index (χ0n) is 16.9. The number of hydrogen-bond donors (Lipinski definition) is 1. The van der Waals surface area contributed by atoms with Crippen molar-refractivity contribution in [2.75, 3.05) is 32.1 Å². The van der Waals surface area contributed by atoms with Crippen molar-refractivity contribution in [1.82, 2.24) is 4.31 Å². The number of hydrogen-bond acceptors (Lipinski definition) is 5. The quantitative estimate of drug-likeness (QED) is 0.690. The molecule has 0 unspecified atom stereocenters. The van der Waals surface area contributed by atoms with Crippen LogP contribution in [-0.2, 0) is 14.8 Å². The molecule has 9 heteroatoms. The zero-order valence-corrected chi connectivity index (χ0v) is 18.5. The number of rotatable bonds is 7.